The van der Waals surface area contributed by atoms with Gasteiger partial charge in [0.2, 0.25) is 0 Å². The fourth-order valence-corrected chi connectivity index (χ4v) is 1.67. The molecular formula is C12H16FN3O. The smallest absolute Gasteiger partial charge is 0.152 e. The molecule has 0 spiro atoms. The fraction of sp³-hybridized carbons (Fsp3) is 0.500. The first-order chi connectivity index (χ1) is 8.00. The van der Waals surface area contributed by atoms with Gasteiger partial charge >= 0.3 is 0 Å². The Bertz CT molecular complexity index is 523. The summed E-state index contributed by atoms with van der Waals surface area (Å²) < 4.78 is 14.5. The van der Waals surface area contributed by atoms with Crippen molar-refractivity contribution in [1.29, 1.82) is 0 Å². The molecule has 0 amide bonds. The van der Waals surface area contributed by atoms with Crippen LogP contribution in [0.15, 0.2) is 18.2 Å². The molecule has 2 atom stereocenters. The van der Waals surface area contributed by atoms with E-state index in [1.165, 1.54) is 16.8 Å². The van der Waals surface area contributed by atoms with E-state index in [2.05, 4.69) is 10.3 Å². The number of aliphatic hydroxyl groups is 1. The summed E-state index contributed by atoms with van der Waals surface area (Å²) in [4.78, 5) is 0. The van der Waals surface area contributed by atoms with E-state index in [0.29, 0.717) is 17.0 Å². The SMILES string of the molecule is CC(C)[C@H](C)C(O)n1nnc2ccc(F)cc21. The van der Waals surface area contributed by atoms with Crippen molar-refractivity contribution < 1.29 is 9.50 Å². The Hall–Kier alpha value is -1.49. The van der Waals surface area contributed by atoms with Crippen molar-refractivity contribution in [2.75, 3.05) is 0 Å². The zero-order chi connectivity index (χ0) is 12.6. The lowest BCUT2D eigenvalue weighted by Crippen LogP contribution is -2.22. The summed E-state index contributed by atoms with van der Waals surface area (Å²) in [5, 5.41) is 18.0. The lowest BCUT2D eigenvalue weighted by atomic mass is 9.96. The van der Waals surface area contributed by atoms with E-state index in [-0.39, 0.29) is 11.7 Å². The molecule has 0 bridgehead atoms. The number of aromatic nitrogens is 3. The maximum absolute atomic E-state index is 13.2. The molecule has 17 heavy (non-hydrogen) atoms. The average molecular weight is 237 g/mol. The van der Waals surface area contributed by atoms with Crippen molar-refractivity contribution in [3.63, 3.8) is 0 Å². The van der Waals surface area contributed by atoms with Crippen molar-refractivity contribution >= 4 is 11.0 Å². The maximum Gasteiger partial charge on any atom is 0.152 e. The Morgan fingerprint density at radius 1 is 1.29 bits per heavy atom. The predicted molar refractivity (Wildman–Crippen MR) is 62.7 cm³/mol. The van der Waals surface area contributed by atoms with Gasteiger partial charge in [0.1, 0.15) is 11.3 Å². The standard InChI is InChI=1S/C12H16FN3O/c1-7(2)8(3)12(17)16-11-6-9(13)4-5-10(11)14-15-16/h4-8,12,17H,1-3H3/t8-,12?/m0/s1. The number of rotatable bonds is 3. The molecule has 92 valence electrons. The Balaban J connectivity index is 2.45. The van der Waals surface area contributed by atoms with Gasteiger partial charge in [0, 0.05) is 12.0 Å². The number of fused-ring (bicyclic) bond motifs is 1. The molecule has 4 nitrogen and oxygen atoms in total. The van der Waals surface area contributed by atoms with Crippen molar-refractivity contribution in [2.24, 2.45) is 11.8 Å². The van der Waals surface area contributed by atoms with Crippen LogP contribution in [0.2, 0.25) is 0 Å². The van der Waals surface area contributed by atoms with Crippen molar-refractivity contribution in [3.8, 4) is 0 Å². The second kappa shape index (κ2) is 4.41. The molecule has 1 aromatic heterocycles. The molecule has 2 rings (SSSR count). The van der Waals surface area contributed by atoms with Gasteiger partial charge in [-0.15, -0.1) is 5.10 Å². The lowest BCUT2D eigenvalue weighted by molar-refractivity contribution is 0.0202. The topological polar surface area (TPSA) is 50.9 Å². The minimum Gasteiger partial charge on any atom is -0.371 e. The minimum atomic E-state index is -0.790. The highest BCUT2D eigenvalue weighted by atomic mass is 19.1. The highest BCUT2D eigenvalue weighted by Crippen LogP contribution is 2.25. The van der Waals surface area contributed by atoms with Crippen molar-refractivity contribution in [3.05, 3.63) is 24.0 Å². The van der Waals surface area contributed by atoms with Crippen LogP contribution < -0.4 is 0 Å². The number of benzene rings is 1. The molecule has 1 unspecified atom stereocenters. The molecule has 0 saturated carbocycles. The van der Waals surface area contributed by atoms with Crippen LogP contribution in [0.4, 0.5) is 4.39 Å². The molecule has 0 radical (unpaired) electrons. The minimum absolute atomic E-state index is 0.0168. The largest absolute Gasteiger partial charge is 0.371 e. The van der Waals surface area contributed by atoms with Gasteiger partial charge in [-0.2, -0.15) is 0 Å². The van der Waals surface area contributed by atoms with Gasteiger partial charge in [0.15, 0.2) is 6.23 Å². The maximum atomic E-state index is 13.2. The van der Waals surface area contributed by atoms with Crippen LogP contribution in [-0.2, 0) is 0 Å². The normalized spacial score (nSPS) is 15.4. The fourth-order valence-electron chi connectivity index (χ4n) is 1.67. The summed E-state index contributed by atoms with van der Waals surface area (Å²) in [6.45, 7) is 5.98. The van der Waals surface area contributed by atoms with Gasteiger partial charge in [0.25, 0.3) is 0 Å². The summed E-state index contributed by atoms with van der Waals surface area (Å²) in [6.07, 6.45) is -0.790. The van der Waals surface area contributed by atoms with E-state index in [0.717, 1.165) is 0 Å². The van der Waals surface area contributed by atoms with E-state index < -0.39 is 6.23 Å². The number of halogens is 1. The highest BCUT2D eigenvalue weighted by Gasteiger charge is 2.22. The lowest BCUT2D eigenvalue weighted by Gasteiger charge is -2.22. The molecule has 1 N–H and O–H groups in total. The van der Waals surface area contributed by atoms with Crippen LogP contribution in [0.1, 0.15) is 27.0 Å². The van der Waals surface area contributed by atoms with Gasteiger partial charge in [-0.3, -0.25) is 0 Å². The Morgan fingerprint density at radius 3 is 2.65 bits per heavy atom. The van der Waals surface area contributed by atoms with Crippen LogP contribution >= 0.6 is 0 Å². The molecule has 0 saturated heterocycles. The van der Waals surface area contributed by atoms with Gasteiger partial charge in [-0.1, -0.05) is 26.0 Å². The molecule has 0 aliphatic carbocycles. The Kier molecular flexibility index (Phi) is 3.11. The van der Waals surface area contributed by atoms with E-state index in [9.17, 15) is 9.50 Å². The number of hydrogen-bond acceptors (Lipinski definition) is 3. The first-order valence-electron chi connectivity index (χ1n) is 5.69. The number of hydrogen-bond donors (Lipinski definition) is 1. The first kappa shape index (κ1) is 12.0. The zero-order valence-electron chi connectivity index (χ0n) is 10.1. The van der Waals surface area contributed by atoms with E-state index in [4.69, 9.17) is 0 Å². The van der Waals surface area contributed by atoms with Gasteiger partial charge in [0.05, 0.1) is 5.52 Å². The van der Waals surface area contributed by atoms with Crippen LogP contribution in [0, 0.1) is 17.7 Å². The van der Waals surface area contributed by atoms with E-state index in [1.54, 1.807) is 6.07 Å². The molecule has 0 aliphatic rings. The van der Waals surface area contributed by atoms with Crippen LogP contribution in [0.25, 0.3) is 11.0 Å². The molecular weight excluding hydrogens is 221 g/mol. The summed E-state index contributed by atoms with van der Waals surface area (Å²) in [6, 6.07) is 4.23. The summed E-state index contributed by atoms with van der Waals surface area (Å²) in [5.74, 6) is -0.0357. The monoisotopic (exact) mass is 237 g/mol. The Morgan fingerprint density at radius 2 is 2.00 bits per heavy atom. The molecule has 1 heterocycles. The van der Waals surface area contributed by atoms with Crippen molar-refractivity contribution in [1.82, 2.24) is 15.0 Å². The van der Waals surface area contributed by atoms with Crippen molar-refractivity contribution in [2.45, 2.75) is 27.0 Å². The Labute approximate surface area is 99.1 Å². The molecule has 5 heteroatoms. The third-order valence-corrected chi connectivity index (χ3v) is 3.21. The molecule has 0 fully saturated rings. The van der Waals surface area contributed by atoms with Crippen LogP contribution in [0.5, 0.6) is 0 Å². The molecule has 1 aromatic carbocycles. The van der Waals surface area contributed by atoms with Gasteiger partial charge < -0.3 is 5.11 Å². The number of nitrogens with zero attached hydrogens (tertiary/aromatic N) is 3. The average Bonchev–Trinajstić information content (AvgIpc) is 2.69. The highest BCUT2D eigenvalue weighted by molar-refractivity contribution is 5.74. The summed E-state index contributed by atoms with van der Waals surface area (Å²) in [7, 11) is 0. The predicted octanol–water partition coefficient (Wildman–Crippen LogP) is 2.35. The van der Waals surface area contributed by atoms with E-state index in [1.807, 2.05) is 20.8 Å². The van der Waals surface area contributed by atoms with Crippen LogP contribution in [0.3, 0.4) is 0 Å². The number of aliphatic hydroxyl groups excluding tert-OH is 1. The van der Waals surface area contributed by atoms with Gasteiger partial charge in [-0.05, 0) is 18.1 Å². The third-order valence-electron chi connectivity index (χ3n) is 3.21. The van der Waals surface area contributed by atoms with E-state index >= 15 is 0 Å². The zero-order valence-corrected chi connectivity index (χ0v) is 10.1. The summed E-state index contributed by atoms with van der Waals surface area (Å²) >= 11 is 0. The quantitative estimate of drug-likeness (QED) is 0.891. The van der Waals surface area contributed by atoms with Crippen LogP contribution in [-0.4, -0.2) is 20.1 Å². The second-order valence-electron chi connectivity index (χ2n) is 4.68. The third kappa shape index (κ3) is 2.15. The van der Waals surface area contributed by atoms with Gasteiger partial charge in [-0.25, -0.2) is 9.07 Å². The summed E-state index contributed by atoms with van der Waals surface area (Å²) in [5.41, 5.74) is 1.10. The first-order valence-corrected chi connectivity index (χ1v) is 5.69. The molecule has 2 aromatic rings. The molecule has 0 aliphatic heterocycles. The second-order valence-corrected chi connectivity index (χ2v) is 4.68.